The molecule has 3 rings (SSSR count). The van der Waals surface area contributed by atoms with E-state index in [4.69, 9.17) is 9.47 Å². The minimum atomic E-state index is -0.388. The summed E-state index contributed by atoms with van der Waals surface area (Å²) in [5, 5.41) is 3.06. The molecular weight excluding hydrogens is 290 g/mol. The number of anilines is 1. The average molecular weight is 311 g/mol. The Hall–Kier alpha value is -2.49. The Labute approximate surface area is 136 Å². The Balaban J connectivity index is 1.86. The van der Waals surface area contributed by atoms with Gasteiger partial charge in [-0.1, -0.05) is 30.3 Å². The first-order chi connectivity index (χ1) is 11.1. The summed E-state index contributed by atoms with van der Waals surface area (Å²) in [7, 11) is 3.19. The predicted octanol–water partition coefficient (Wildman–Crippen LogP) is 3.68. The first kappa shape index (κ1) is 15.4. The molecule has 0 spiro atoms. The number of carbonyl (C=O) groups excluding carboxylic acids is 1. The normalized spacial score (nSPS) is 14.9. The highest BCUT2D eigenvalue weighted by atomic mass is 16.5. The second-order valence-corrected chi connectivity index (χ2v) is 5.92. The van der Waals surface area contributed by atoms with Gasteiger partial charge >= 0.3 is 0 Å². The van der Waals surface area contributed by atoms with Crippen LogP contribution in [0.25, 0.3) is 0 Å². The molecule has 1 amide bonds. The van der Waals surface area contributed by atoms with Gasteiger partial charge < -0.3 is 14.8 Å². The van der Waals surface area contributed by atoms with Gasteiger partial charge in [0.25, 0.3) is 0 Å². The van der Waals surface area contributed by atoms with Crippen LogP contribution in [-0.4, -0.2) is 20.1 Å². The fourth-order valence-electron chi connectivity index (χ4n) is 2.89. The van der Waals surface area contributed by atoms with E-state index in [0.717, 1.165) is 29.7 Å². The summed E-state index contributed by atoms with van der Waals surface area (Å²) in [5.74, 6) is 1.31. The molecule has 120 valence electrons. The topological polar surface area (TPSA) is 47.6 Å². The van der Waals surface area contributed by atoms with Gasteiger partial charge in [0.15, 0.2) is 11.5 Å². The number of methoxy groups -OCH3 is 2. The first-order valence-corrected chi connectivity index (χ1v) is 7.70. The van der Waals surface area contributed by atoms with Gasteiger partial charge in [0, 0.05) is 11.8 Å². The number of aryl methyl sites for hydroxylation is 1. The van der Waals surface area contributed by atoms with E-state index in [9.17, 15) is 4.79 Å². The summed E-state index contributed by atoms with van der Waals surface area (Å²) < 4.78 is 10.6. The van der Waals surface area contributed by atoms with Crippen LogP contribution in [-0.2, 0) is 10.2 Å². The van der Waals surface area contributed by atoms with E-state index in [1.54, 1.807) is 14.2 Å². The lowest BCUT2D eigenvalue weighted by atomic mass is 9.95. The molecule has 0 unspecified atom stereocenters. The predicted molar refractivity (Wildman–Crippen MR) is 90.3 cm³/mol. The largest absolute Gasteiger partial charge is 0.493 e. The van der Waals surface area contributed by atoms with Crippen LogP contribution in [0.1, 0.15) is 24.0 Å². The molecule has 0 radical (unpaired) electrons. The molecule has 4 nitrogen and oxygen atoms in total. The summed E-state index contributed by atoms with van der Waals surface area (Å²) in [6, 6.07) is 13.6. The Morgan fingerprint density at radius 2 is 1.65 bits per heavy atom. The lowest BCUT2D eigenvalue weighted by Gasteiger charge is -2.18. The van der Waals surface area contributed by atoms with E-state index in [2.05, 4.69) is 5.32 Å². The Kier molecular flexibility index (Phi) is 3.99. The number of hydrogen-bond acceptors (Lipinski definition) is 3. The van der Waals surface area contributed by atoms with Gasteiger partial charge in [0.2, 0.25) is 5.91 Å². The zero-order chi connectivity index (χ0) is 16.4. The summed E-state index contributed by atoms with van der Waals surface area (Å²) in [4.78, 5) is 12.8. The molecule has 0 heterocycles. The van der Waals surface area contributed by atoms with Crippen LogP contribution in [0.2, 0.25) is 0 Å². The molecule has 0 aromatic heterocycles. The quantitative estimate of drug-likeness (QED) is 0.916. The molecule has 2 aromatic rings. The van der Waals surface area contributed by atoms with Gasteiger partial charge in [-0.3, -0.25) is 4.79 Å². The van der Waals surface area contributed by atoms with Gasteiger partial charge in [0.05, 0.1) is 19.6 Å². The molecule has 1 N–H and O–H groups in total. The van der Waals surface area contributed by atoms with Crippen molar-refractivity contribution in [3.8, 4) is 11.5 Å². The number of nitrogens with one attached hydrogen (secondary N) is 1. The van der Waals surface area contributed by atoms with Crippen molar-refractivity contribution in [3.63, 3.8) is 0 Å². The van der Waals surface area contributed by atoms with Crippen LogP contribution in [0.5, 0.6) is 11.5 Å². The number of rotatable bonds is 5. The number of ether oxygens (including phenoxy) is 2. The highest BCUT2D eigenvalue weighted by Crippen LogP contribution is 2.49. The summed E-state index contributed by atoms with van der Waals surface area (Å²) in [6.07, 6.45) is 1.77. The van der Waals surface area contributed by atoms with Crippen LogP contribution >= 0.6 is 0 Å². The van der Waals surface area contributed by atoms with Crippen molar-refractivity contribution >= 4 is 11.6 Å². The van der Waals surface area contributed by atoms with E-state index in [1.165, 1.54) is 0 Å². The van der Waals surface area contributed by atoms with E-state index >= 15 is 0 Å². The maximum absolute atomic E-state index is 12.8. The molecular formula is C19H21NO3. The van der Waals surface area contributed by atoms with Gasteiger partial charge in [0.1, 0.15) is 0 Å². The fourth-order valence-corrected chi connectivity index (χ4v) is 2.89. The maximum Gasteiger partial charge on any atom is 0.235 e. The summed E-state index contributed by atoms with van der Waals surface area (Å²) in [6.45, 7) is 1.94. The molecule has 1 saturated carbocycles. The number of benzene rings is 2. The zero-order valence-electron chi connectivity index (χ0n) is 13.7. The molecule has 2 aromatic carbocycles. The van der Waals surface area contributed by atoms with E-state index in [-0.39, 0.29) is 11.3 Å². The Morgan fingerprint density at radius 3 is 2.22 bits per heavy atom. The van der Waals surface area contributed by atoms with Gasteiger partial charge in [-0.15, -0.1) is 0 Å². The van der Waals surface area contributed by atoms with E-state index in [1.807, 2.05) is 49.4 Å². The van der Waals surface area contributed by atoms with Gasteiger partial charge in [-0.25, -0.2) is 0 Å². The Morgan fingerprint density at radius 1 is 1.04 bits per heavy atom. The highest BCUT2D eigenvalue weighted by molar-refractivity contribution is 6.02. The van der Waals surface area contributed by atoms with Crippen LogP contribution in [0, 0.1) is 6.92 Å². The minimum absolute atomic E-state index is 0.0408. The average Bonchev–Trinajstić information content (AvgIpc) is 3.39. The number of amides is 1. The van der Waals surface area contributed by atoms with E-state index < -0.39 is 0 Å². The van der Waals surface area contributed by atoms with Crippen molar-refractivity contribution in [2.75, 3.05) is 19.5 Å². The van der Waals surface area contributed by atoms with Crippen LogP contribution < -0.4 is 14.8 Å². The molecule has 0 atom stereocenters. The smallest absolute Gasteiger partial charge is 0.235 e. The highest BCUT2D eigenvalue weighted by Gasteiger charge is 2.51. The molecule has 1 aliphatic carbocycles. The van der Waals surface area contributed by atoms with Crippen molar-refractivity contribution in [2.45, 2.75) is 25.2 Å². The lowest BCUT2D eigenvalue weighted by Crippen LogP contribution is -2.28. The van der Waals surface area contributed by atoms with Gasteiger partial charge in [-0.2, -0.15) is 0 Å². The van der Waals surface area contributed by atoms with Crippen LogP contribution in [0.15, 0.2) is 42.5 Å². The molecule has 23 heavy (non-hydrogen) atoms. The molecule has 0 saturated heterocycles. The van der Waals surface area contributed by atoms with Crippen molar-refractivity contribution in [1.82, 2.24) is 0 Å². The standard InChI is InChI=1S/C19H21NO3/c1-13-11-16(22-2)17(23-3)12-15(13)20-18(21)19(9-10-19)14-7-5-4-6-8-14/h4-8,11-12H,9-10H2,1-3H3,(H,20,21). The molecule has 0 bridgehead atoms. The van der Waals surface area contributed by atoms with Crippen molar-refractivity contribution < 1.29 is 14.3 Å². The van der Waals surface area contributed by atoms with Crippen molar-refractivity contribution in [1.29, 1.82) is 0 Å². The van der Waals surface area contributed by atoms with Crippen LogP contribution in [0.3, 0.4) is 0 Å². The third kappa shape index (κ3) is 2.77. The molecule has 1 aliphatic rings. The van der Waals surface area contributed by atoms with Gasteiger partial charge in [-0.05, 0) is 37.0 Å². The Bertz CT molecular complexity index is 721. The van der Waals surface area contributed by atoms with E-state index in [0.29, 0.717) is 11.5 Å². The number of carbonyl (C=O) groups is 1. The lowest BCUT2D eigenvalue weighted by molar-refractivity contribution is -0.118. The third-order valence-corrected chi connectivity index (χ3v) is 4.49. The van der Waals surface area contributed by atoms with Crippen molar-refractivity contribution in [2.24, 2.45) is 0 Å². The SMILES string of the molecule is COc1cc(C)c(NC(=O)C2(c3ccccc3)CC2)cc1OC. The fraction of sp³-hybridized carbons (Fsp3) is 0.316. The number of hydrogen-bond donors (Lipinski definition) is 1. The molecule has 0 aliphatic heterocycles. The molecule has 4 heteroatoms. The molecule has 1 fully saturated rings. The maximum atomic E-state index is 12.8. The van der Waals surface area contributed by atoms with Crippen LogP contribution in [0.4, 0.5) is 5.69 Å². The minimum Gasteiger partial charge on any atom is -0.493 e. The second-order valence-electron chi connectivity index (χ2n) is 5.92. The summed E-state index contributed by atoms with van der Waals surface area (Å²) in [5.41, 5.74) is 2.39. The zero-order valence-corrected chi connectivity index (χ0v) is 13.7. The summed E-state index contributed by atoms with van der Waals surface area (Å²) >= 11 is 0. The monoisotopic (exact) mass is 311 g/mol. The third-order valence-electron chi connectivity index (χ3n) is 4.49. The first-order valence-electron chi connectivity index (χ1n) is 7.70. The second kappa shape index (κ2) is 5.95. The van der Waals surface area contributed by atoms with Crippen molar-refractivity contribution in [3.05, 3.63) is 53.6 Å².